The molecule has 1 aromatic carbocycles. The molecule has 0 aliphatic heterocycles. The van der Waals surface area contributed by atoms with E-state index in [1.54, 1.807) is 6.07 Å². The summed E-state index contributed by atoms with van der Waals surface area (Å²) < 4.78 is 58.8. The predicted molar refractivity (Wildman–Crippen MR) is 55.1 cm³/mol. The Kier molecular flexibility index (Phi) is 3.98. The molecule has 0 radical (unpaired) electrons. The summed E-state index contributed by atoms with van der Waals surface area (Å²) in [4.78, 5) is -0.895. The highest BCUT2D eigenvalue weighted by Crippen LogP contribution is 2.30. The summed E-state index contributed by atoms with van der Waals surface area (Å²) in [6, 6.07) is 5.40. The molecule has 0 fully saturated rings. The lowest BCUT2D eigenvalue weighted by atomic mass is 10.0. The molecule has 1 unspecified atom stereocenters. The number of benzene rings is 1. The van der Waals surface area contributed by atoms with Crippen LogP contribution in [0.1, 0.15) is 11.5 Å². The van der Waals surface area contributed by atoms with E-state index in [2.05, 4.69) is 0 Å². The van der Waals surface area contributed by atoms with Gasteiger partial charge in [-0.3, -0.25) is 0 Å². The normalized spacial score (nSPS) is 13.9. The zero-order chi connectivity index (χ0) is 14.0. The number of aliphatic hydroxyl groups is 1. The standard InChI is InChI=1S/C10H8F3NO3S/c11-10(12,13)18(16,17)9-3-1-7(2-4-9)8(5-14)6-15/h1-4,8,15H,6H2. The van der Waals surface area contributed by atoms with Gasteiger partial charge < -0.3 is 5.11 Å². The van der Waals surface area contributed by atoms with Crippen LogP contribution in [0.2, 0.25) is 0 Å². The molecule has 1 rings (SSSR count). The number of nitriles is 1. The smallest absolute Gasteiger partial charge is 0.395 e. The Morgan fingerprint density at radius 2 is 1.78 bits per heavy atom. The quantitative estimate of drug-likeness (QED) is 0.911. The summed E-state index contributed by atoms with van der Waals surface area (Å²) in [5.74, 6) is -0.896. The van der Waals surface area contributed by atoms with E-state index in [1.165, 1.54) is 0 Å². The highest BCUT2D eigenvalue weighted by atomic mass is 32.2. The van der Waals surface area contributed by atoms with Crippen molar-refractivity contribution in [1.29, 1.82) is 5.26 Å². The summed E-state index contributed by atoms with van der Waals surface area (Å²) in [5.41, 5.74) is -5.11. The number of sulfone groups is 1. The second-order valence-corrected chi connectivity index (χ2v) is 5.32. The number of aliphatic hydroxyl groups excluding tert-OH is 1. The van der Waals surface area contributed by atoms with E-state index in [0.29, 0.717) is 0 Å². The van der Waals surface area contributed by atoms with Crippen LogP contribution in [0.5, 0.6) is 0 Å². The molecule has 4 nitrogen and oxygen atoms in total. The molecule has 0 saturated carbocycles. The second kappa shape index (κ2) is 4.96. The molecule has 1 aromatic rings. The van der Waals surface area contributed by atoms with Gasteiger partial charge in [-0.1, -0.05) is 12.1 Å². The van der Waals surface area contributed by atoms with Crippen molar-refractivity contribution in [1.82, 2.24) is 0 Å². The van der Waals surface area contributed by atoms with Crippen LogP contribution < -0.4 is 0 Å². The van der Waals surface area contributed by atoms with Crippen molar-refractivity contribution < 1.29 is 26.7 Å². The number of halogens is 3. The Bertz CT molecular complexity index is 558. The average Bonchev–Trinajstić information content (AvgIpc) is 2.30. The van der Waals surface area contributed by atoms with Crippen LogP contribution in [-0.4, -0.2) is 25.6 Å². The Labute approximate surface area is 101 Å². The van der Waals surface area contributed by atoms with Gasteiger partial charge in [0, 0.05) is 0 Å². The second-order valence-electron chi connectivity index (χ2n) is 3.38. The van der Waals surface area contributed by atoms with Crippen molar-refractivity contribution in [2.45, 2.75) is 16.3 Å². The third-order valence-corrected chi connectivity index (χ3v) is 3.74. The van der Waals surface area contributed by atoms with E-state index in [4.69, 9.17) is 10.4 Å². The van der Waals surface area contributed by atoms with Crippen LogP contribution in [0.25, 0.3) is 0 Å². The molecule has 0 spiro atoms. The maximum absolute atomic E-state index is 12.2. The zero-order valence-corrected chi connectivity index (χ0v) is 9.66. The molecular weight excluding hydrogens is 271 g/mol. The van der Waals surface area contributed by atoms with Gasteiger partial charge in [-0.05, 0) is 17.7 Å². The first-order chi connectivity index (χ1) is 8.24. The zero-order valence-electron chi connectivity index (χ0n) is 8.85. The number of nitrogens with zero attached hydrogens (tertiary/aromatic N) is 1. The number of hydrogen-bond donors (Lipinski definition) is 1. The molecule has 8 heteroatoms. The van der Waals surface area contributed by atoms with Crippen molar-refractivity contribution in [2.24, 2.45) is 0 Å². The Hall–Kier alpha value is -1.59. The third-order valence-electron chi connectivity index (χ3n) is 2.24. The van der Waals surface area contributed by atoms with Gasteiger partial charge in [0.1, 0.15) is 0 Å². The molecule has 1 N–H and O–H groups in total. The predicted octanol–water partition coefficient (Wildman–Crippen LogP) is 1.58. The molecule has 1 atom stereocenters. The van der Waals surface area contributed by atoms with Crippen LogP contribution in [0.4, 0.5) is 13.2 Å². The van der Waals surface area contributed by atoms with Crippen LogP contribution in [0.15, 0.2) is 29.2 Å². The lowest BCUT2D eigenvalue weighted by Gasteiger charge is -2.10. The van der Waals surface area contributed by atoms with E-state index in [0.717, 1.165) is 24.3 Å². The minimum Gasteiger partial charge on any atom is -0.395 e. The van der Waals surface area contributed by atoms with Gasteiger partial charge in [0.15, 0.2) is 0 Å². The maximum atomic E-state index is 12.2. The van der Waals surface area contributed by atoms with Crippen LogP contribution in [0, 0.1) is 11.3 Å². The van der Waals surface area contributed by atoms with Gasteiger partial charge in [0.05, 0.1) is 23.5 Å². The number of alkyl halides is 3. The van der Waals surface area contributed by atoms with Crippen LogP contribution >= 0.6 is 0 Å². The number of rotatable bonds is 3. The first kappa shape index (κ1) is 14.5. The van der Waals surface area contributed by atoms with Crippen molar-refractivity contribution in [3.05, 3.63) is 29.8 Å². The monoisotopic (exact) mass is 279 g/mol. The van der Waals surface area contributed by atoms with Gasteiger partial charge in [0.2, 0.25) is 0 Å². The van der Waals surface area contributed by atoms with Gasteiger partial charge in [0.25, 0.3) is 9.84 Å². The molecule has 98 valence electrons. The Morgan fingerprint density at radius 1 is 1.28 bits per heavy atom. The SMILES string of the molecule is N#CC(CO)c1ccc(S(=O)(=O)C(F)(F)F)cc1. The van der Waals surface area contributed by atoms with Crippen molar-refractivity contribution in [3.8, 4) is 6.07 Å². The largest absolute Gasteiger partial charge is 0.501 e. The highest BCUT2D eigenvalue weighted by molar-refractivity contribution is 7.92. The fraction of sp³-hybridized carbons (Fsp3) is 0.300. The topological polar surface area (TPSA) is 78.2 Å². The highest BCUT2D eigenvalue weighted by Gasteiger charge is 2.46. The Balaban J connectivity index is 3.16. The minimum atomic E-state index is -5.38. The summed E-state index contributed by atoms with van der Waals surface area (Å²) in [7, 11) is -5.38. The molecule has 0 aliphatic rings. The van der Waals surface area contributed by atoms with Crippen molar-refractivity contribution >= 4 is 9.84 Å². The van der Waals surface area contributed by atoms with Gasteiger partial charge >= 0.3 is 5.51 Å². The summed E-state index contributed by atoms with van der Waals surface area (Å²) in [6.07, 6.45) is 0. The van der Waals surface area contributed by atoms with Gasteiger partial charge in [-0.25, -0.2) is 8.42 Å². The van der Waals surface area contributed by atoms with Gasteiger partial charge in [-0.15, -0.1) is 0 Å². The van der Waals surface area contributed by atoms with E-state index >= 15 is 0 Å². The first-order valence-corrected chi connectivity index (χ1v) is 6.14. The van der Waals surface area contributed by atoms with Gasteiger partial charge in [-0.2, -0.15) is 18.4 Å². The molecule has 0 aromatic heterocycles. The lowest BCUT2D eigenvalue weighted by Crippen LogP contribution is -2.23. The molecule has 0 heterocycles. The third kappa shape index (κ3) is 2.63. The molecule has 0 bridgehead atoms. The minimum absolute atomic E-state index is 0.251. The van der Waals surface area contributed by atoms with Crippen molar-refractivity contribution in [2.75, 3.05) is 6.61 Å². The maximum Gasteiger partial charge on any atom is 0.501 e. The summed E-state index contributed by atoms with van der Waals surface area (Å²) >= 11 is 0. The molecule has 18 heavy (non-hydrogen) atoms. The lowest BCUT2D eigenvalue weighted by molar-refractivity contribution is -0.0436. The molecule has 0 saturated heterocycles. The summed E-state index contributed by atoms with van der Waals surface area (Å²) in [5, 5.41) is 17.4. The van der Waals surface area contributed by atoms with Crippen molar-refractivity contribution in [3.63, 3.8) is 0 Å². The average molecular weight is 279 g/mol. The van der Waals surface area contributed by atoms with Crippen LogP contribution in [-0.2, 0) is 9.84 Å². The van der Waals surface area contributed by atoms with E-state index in [-0.39, 0.29) is 5.56 Å². The van der Waals surface area contributed by atoms with E-state index < -0.39 is 32.8 Å². The van der Waals surface area contributed by atoms with E-state index in [9.17, 15) is 21.6 Å². The number of hydrogen-bond acceptors (Lipinski definition) is 4. The van der Waals surface area contributed by atoms with Crippen LogP contribution in [0.3, 0.4) is 0 Å². The molecule has 0 aliphatic carbocycles. The fourth-order valence-corrected chi connectivity index (χ4v) is 2.00. The summed E-state index contributed by atoms with van der Waals surface area (Å²) in [6.45, 7) is -0.498. The molecular formula is C10H8F3NO3S. The first-order valence-electron chi connectivity index (χ1n) is 4.66. The molecule has 0 amide bonds. The fourth-order valence-electron chi connectivity index (χ4n) is 1.23. The Morgan fingerprint density at radius 3 is 2.11 bits per heavy atom. The van der Waals surface area contributed by atoms with E-state index in [1.807, 2.05) is 0 Å².